The molecule has 0 spiro atoms. The van der Waals surface area contributed by atoms with Gasteiger partial charge in [-0.3, -0.25) is 9.64 Å². The normalized spacial score (nSPS) is 21.3. The Balaban J connectivity index is 2.45. The molecule has 1 N–H and O–H groups in total. The summed E-state index contributed by atoms with van der Waals surface area (Å²) >= 11 is 0. The monoisotopic (exact) mass is 266 g/mol. The number of nitrogens with one attached hydrogen (secondary N) is 1. The van der Waals surface area contributed by atoms with Crippen LogP contribution in [0.3, 0.4) is 0 Å². The summed E-state index contributed by atoms with van der Waals surface area (Å²) in [5.41, 5.74) is -2.43. The third kappa shape index (κ3) is 1.97. The molecule has 0 saturated carbocycles. The molecular weight excluding hydrogens is 257 g/mol. The van der Waals surface area contributed by atoms with Gasteiger partial charge in [-0.2, -0.15) is 13.2 Å². The van der Waals surface area contributed by atoms with Gasteiger partial charge in [-0.15, -0.1) is 0 Å². The van der Waals surface area contributed by atoms with Crippen molar-refractivity contribution in [3.8, 4) is 0 Å². The maximum atomic E-state index is 12.9. The summed E-state index contributed by atoms with van der Waals surface area (Å²) in [6, 6.07) is 4.93. The van der Waals surface area contributed by atoms with Crippen LogP contribution in [0.2, 0.25) is 0 Å². The summed E-state index contributed by atoms with van der Waals surface area (Å²) in [5, 5.41) is 2.29. The molecule has 3 nitrogen and oxygen atoms in total. The van der Waals surface area contributed by atoms with Crippen LogP contribution < -0.4 is 5.32 Å². The molecule has 0 aliphatic heterocycles. The van der Waals surface area contributed by atoms with E-state index in [1.807, 2.05) is 0 Å². The molecule has 19 heavy (non-hydrogen) atoms. The van der Waals surface area contributed by atoms with Crippen molar-refractivity contribution >= 4 is 11.5 Å². The Morgan fingerprint density at radius 3 is 2.53 bits per heavy atom. The van der Waals surface area contributed by atoms with Crippen LogP contribution >= 0.6 is 0 Å². The zero-order valence-corrected chi connectivity index (χ0v) is 9.88. The summed E-state index contributed by atoms with van der Waals surface area (Å²) < 4.78 is 38.6. The summed E-state index contributed by atoms with van der Waals surface area (Å²) in [4.78, 5) is 14.8. The molecule has 0 saturated heterocycles. The van der Waals surface area contributed by atoms with E-state index in [9.17, 15) is 18.0 Å². The Morgan fingerprint density at radius 1 is 1.37 bits per heavy atom. The van der Waals surface area contributed by atoms with Crippen molar-refractivity contribution in [3.05, 3.63) is 52.9 Å². The first-order valence-corrected chi connectivity index (χ1v) is 5.37. The van der Waals surface area contributed by atoms with E-state index in [1.54, 1.807) is 0 Å². The third-order valence-corrected chi connectivity index (χ3v) is 2.95. The zero-order chi connectivity index (χ0) is 14.3. The zero-order valence-electron chi connectivity index (χ0n) is 9.88. The number of carbonyl (C=O) groups excluding carboxylic acids is 1. The molecule has 0 heterocycles. The van der Waals surface area contributed by atoms with Gasteiger partial charge in [0.2, 0.25) is 0 Å². The lowest BCUT2D eigenvalue weighted by molar-refractivity contribution is -0.137. The number of likely N-dealkylation sites (N-methyl/N-ethyl adjacent to an activating group) is 1. The fourth-order valence-electron chi connectivity index (χ4n) is 1.94. The van der Waals surface area contributed by atoms with Crippen molar-refractivity contribution in [2.45, 2.75) is 11.7 Å². The van der Waals surface area contributed by atoms with E-state index in [-0.39, 0.29) is 11.1 Å². The molecule has 0 radical (unpaired) electrons. The summed E-state index contributed by atoms with van der Waals surface area (Å²) in [6.07, 6.45) is -3.26. The van der Waals surface area contributed by atoms with Crippen molar-refractivity contribution in [1.82, 2.24) is 5.32 Å². The number of carbonyl (C=O) groups is 1. The first kappa shape index (κ1) is 13.1. The van der Waals surface area contributed by atoms with Gasteiger partial charge in [0.05, 0.1) is 11.1 Å². The predicted molar refractivity (Wildman–Crippen MR) is 62.8 cm³/mol. The fourth-order valence-corrected chi connectivity index (χ4v) is 1.94. The van der Waals surface area contributed by atoms with Gasteiger partial charge in [0.1, 0.15) is 0 Å². The molecule has 1 aliphatic rings. The molecule has 1 aromatic rings. The maximum Gasteiger partial charge on any atom is 0.417 e. The second-order valence-electron chi connectivity index (χ2n) is 4.06. The molecule has 6 heteroatoms. The molecule has 1 aromatic carbocycles. The van der Waals surface area contributed by atoms with Gasteiger partial charge in [0, 0.05) is 13.1 Å². The predicted octanol–water partition coefficient (Wildman–Crippen LogP) is 2.51. The first-order valence-electron chi connectivity index (χ1n) is 5.37. The highest BCUT2D eigenvalue weighted by Crippen LogP contribution is 2.49. The average Bonchev–Trinajstić information content (AvgIpc) is 3.12. The first-order chi connectivity index (χ1) is 8.86. The molecule has 1 aliphatic carbocycles. The lowest BCUT2D eigenvalue weighted by atomic mass is 9.99. The Kier molecular flexibility index (Phi) is 2.85. The molecule has 2 rings (SSSR count). The van der Waals surface area contributed by atoms with Gasteiger partial charge < -0.3 is 5.32 Å². The van der Waals surface area contributed by atoms with Crippen molar-refractivity contribution in [2.24, 2.45) is 0 Å². The van der Waals surface area contributed by atoms with E-state index in [4.69, 9.17) is 6.57 Å². The molecule has 0 unspecified atom stereocenters. The van der Waals surface area contributed by atoms with Crippen molar-refractivity contribution in [2.75, 3.05) is 7.05 Å². The maximum absolute atomic E-state index is 12.9. The van der Waals surface area contributed by atoms with Gasteiger partial charge in [-0.05, 0) is 11.6 Å². The second-order valence-corrected chi connectivity index (χ2v) is 4.06. The van der Waals surface area contributed by atoms with Crippen molar-refractivity contribution < 1.29 is 18.0 Å². The third-order valence-electron chi connectivity index (χ3n) is 2.95. The van der Waals surface area contributed by atoms with E-state index in [0.29, 0.717) is 0 Å². The van der Waals surface area contributed by atoms with E-state index < -0.39 is 23.2 Å². The smallest absolute Gasteiger partial charge is 0.352 e. The average molecular weight is 266 g/mol. The van der Waals surface area contributed by atoms with Crippen LogP contribution in [0.4, 0.5) is 13.2 Å². The van der Waals surface area contributed by atoms with Crippen LogP contribution in [0.5, 0.6) is 0 Å². The van der Waals surface area contributed by atoms with Gasteiger partial charge in [-0.25, -0.2) is 6.57 Å². The van der Waals surface area contributed by atoms with Crippen LogP contribution in [-0.2, 0) is 11.0 Å². The van der Waals surface area contributed by atoms with E-state index >= 15 is 0 Å². The molecule has 0 bridgehead atoms. The van der Waals surface area contributed by atoms with Gasteiger partial charge >= 0.3 is 17.6 Å². The minimum absolute atomic E-state index is 0.106. The summed E-state index contributed by atoms with van der Waals surface area (Å²) in [5.74, 6) is -0.616. The van der Waals surface area contributed by atoms with Crippen LogP contribution in [0.1, 0.15) is 11.1 Å². The summed E-state index contributed by atoms with van der Waals surface area (Å²) in [6.45, 7) is 7.04. The number of benzene rings is 1. The molecule has 98 valence electrons. The number of hydrogen-bond acceptors (Lipinski definition) is 1. The van der Waals surface area contributed by atoms with E-state index in [0.717, 1.165) is 6.07 Å². The highest BCUT2D eigenvalue weighted by atomic mass is 19.4. The quantitative estimate of drug-likeness (QED) is 0.820. The second kappa shape index (κ2) is 4.12. The van der Waals surface area contributed by atoms with E-state index in [1.165, 1.54) is 31.3 Å². The fraction of sp³-hybridized carbons (Fsp3) is 0.231. The minimum Gasteiger partial charge on any atom is -0.352 e. The Hall–Kier alpha value is -2.29. The lowest BCUT2D eigenvalue weighted by Gasteiger charge is -2.12. The standard InChI is InChI=1S/C13H9F3N2O/c1-17-11(19)12(18-2)7-10(12)8-5-3-4-6-9(8)13(14,15)16/h3-7H,1H3,(H,17,19)/t12-/m0/s1. The molecule has 0 fully saturated rings. The van der Waals surface area contributed by atoms with Gasteiger partial charge in [-0.1, -0.05) is 18.2 Å². The lowest BCUT2D eigenvalue weighted by Crippen LogP contribution is -2.33. The van der Waals surface area contributed by atoms with Crippen molar-refractivity contribution in [3.63, 3.8) is 0 Å². The van der Waals surface area contributed by atoms with Crippen LogP contribution in [0, 0.1) is 6.57 Å². The Bertz CT molecular complexity index is 613. The summed E-state index contributed by atoms with van der Waals surface area (Å²) in [7, 11) is 1.34. The van der Waals surface area contributed by atoms with Crippen LogP contribution in [0.25, 0.3) is 10.4 Å². The molecule has 1 amide bonds. The number of amides is 1. The topological polar surface area (TPSA) is 33.5 Å². The number of hydrogen-bond donors (Lipinski definition) is 1. The SMILES string of the molecule is [C-]#[N+][C@@]1(C(=O)NC)C=C1c1ccccc1C(F)(F)F. The van der Waals surface area contributed by atoms with Gasteiger partial charge in [0.15, 0.2) is 0 Å². The van der Waals surface area contributed by atoms with Crippen LogP contribution in [-0.4, -0.2) is 18.5 Å². The number of halogens is 3. The number of alkyl halides is 3. The number of rotatable bonds is 2. The van der Waals surface area contributed by atoms with Gasteiger partial charge in [0.25, 0.3) is 0 Å². The van der Waals surface area contributed by atoms with Crippen molar-refractivity contribution in [1.29, 1.82) is 0 Å². The number of nitrogens with zero attached hydrogens (tertiary/aromatic N) is 1. The molecular formula is C13H9F3N2O. The largest absolute Gasteiger partial charge is 0.417 e. The molecule has 0 aromatic heterocycles. The highest BCUT2D eigenvalue weighted by Gasteiger charge is 2.60. The van der Waals surface area contributed by atoms with Crippen LogP contribution in [0.15, 0.2) is 30.3 Å². The minimum atomic E-state index is -4.52. The van der Waals surface area contributed by atoms with E-state index in [2.05, 4.69) is 10.2 Å². The highest BCUT2D eigenvalue weighted by molar-refractivity contribution is 6.15. The Labute approximate surface area is 107 Å². The Morgan fingerprint density at radius 2 is 2.00 bits per heavy atom. The molecule has 1 atom stereocenters.